The Hall–Kier alpha value is -0.910. The van der Waals surface area contributed by atoms with Gasteiger partial charge in [-0.25, -0.2) is 0 Å². The highest BCUT2D eigenvalue weighted by Gasteiger charge is 2.73. The standard InChI is InChI=1S/C15H14BrNO3/c16-6-1-3-7(4-2-6)17-14(18)10-8-5-9(11(10)15(17)19)13-12(8)20-13/h1-4,8-14,18H,5H2/t8?,9?,10?,11?,12?,13?,14-/m0/s1. The van der Waals surface area contributed by atoms with Gasteiger partial charge in [0.2, 0.25) is 5.91 Å². The number of halogens is 1. The van der Waals surface area contributed by atoms with Crippen LogP contribution in [0.25, 0.3) is 0 Å². The van der Waals surface area contributed by atoms with Crippen LogP contribution in [0.3, 0.4) is 0 Å². The number of amides is 1. The number of aliphatic hydroxyl groups excluding tert-OH is 1. The van der Waals surface area contributed by atoms with E-state index in [0.717, 1.165) is 16.6 Å². The van der Waals surface area contributed by atoms with Crippen molar-refractivity contribution in [2.75, 3.05) is 4.90 Å². The summed E-state index contributed by atoms with van der Waals surface area (Å²) in [5.41, 5.74) is 0.786. The molecule has 5 rings (SSSR count). The van der Waals surface area contributed by atoms with Gasteiger partial charge in [-0.1, -0.05) is 15.9 Å². The van der Waals surface area contributed by atoms with E-state index >= 15 is 0 Å². The molecule has 104 valence electrons. The number of fused-ring (bicyclic) bond motifs is 8. The average molecular weight is 336 g/mol. The molecule has 0 aromatic heterocycles. The Kier molecular flexibility index (Phi) is 2.13. The van der Waals surface area contributed by atoms with Crippen LogP contribution in [0.15, 0.2) is 28.7 Å². The number of epoxide rings is 1. The first-order chi connectivity index (χ1) is 9.66. The van der Waals surface area contributed by atoms with Crippen molar-refractivity contribution < 1.29 is 14.6 Å². The summed E-state index contributed by atoms with van der Waals surface area (Å²) in [6.45, 7) is 0. The summed E-state index contributed by atoms with van der Waals surface area (Å²) in [4.78, 5) is 14.3. The van der Waals surface area contributed by atoms with Gasteiger partial charge in [0.1, 0.15) is 6.23 Å². The van der Waals surface area contributed by atoms with E-state index < -0.39 is 6.23 Å². The maximum atomic E-state index is 12.7. The van der Waals surface area contributed by atoms with Crippen molar-refractivity contribution in [2.45, 2.75) is 24.9 Å². The number of carbonyl (C=O) groups excluding carboxylic acids is 1. The molecule has 4 fully saturated rings. The van der Waals surface area contributed by atoms with Crippen LogP contribution in [-0.2, 0) is 9.53 Å². The maximum Gasteiger partial charge on any atom is 0.233 e. The lowest BCUT2D eigenvalue weighted by Gasteiger charge is -2.25. The molecule has 2 saturated carbocycles. The number of rotatable bonds is 1. The van der Waals surface area contributed by atoms with Crippen LogP contribution in [0, 0.1) is 23.7 Å². The molecule has 2 saturated heterocycles. The molecule has 1 aromatic rings. The Labute approximate surface area is 124 Å². The van der Waals surface area contributed by atoms with Crippen LogP contribution in [0.4, 0.5) is 5.69 Å². The Bertz CT molecular complexity index is 604. The molecule has 7 atom stereocenters. The summed E-state index contributed by atoms with van der Waals surface area (Å²) in [5, 5.41) is 10.6. The van der Waals surface area contributed by atoms with Gasteiger partial charge in [-0.2, -0.15) is 0 Å². The van der Waals surface area contributed by atoms with Gasteiger partial charge in [0.15, 0.2) is 0 Å². The molecule has 6 unspecified atom stereocenters. The van der Waals surface area contributed by atoms with E-state index in [4.69, 9.17) is 4.74 Å². The predicted molar refractivity (Wildman–Crippen MR) is 74.9 cm³/mol. The molecule has 2 heterocycles. The molecule has 0 radical (unpaired) electrons. The summed E-state index contributed by atoms with van der Waals surface area (Å²) in [5.74, 6) is 0.792. The zero-order valence-electron chi connectivity index (χ0n) is 10.6. The van der Waals surface area contributed by atoms with Crippen LogP contribution in [0.5, 0.6) is 0 Å². The SMILES string of the molecule is O=C1C2C3CC(C4OC34)C2[C@H](O)N1c1ccc(Br)cc1. The third kappa shape index (κ3) is 1.27. The van der Waals surface area contributed by atoms with E-state index in [2.05, 4.69) is 15.9 Å². The van der Waals surface area contributed by atoms with E-state index in [1.807, 2.05) is 24.3 Å². The molecule has 4 aliphatic rings. The molecule has 1 N–H and O–H groups in total. The molecule has 2 aliphatic carbocycles. The smallest absolute Gasteiger partial charge is 0.233 e. The fourth-order valence-electron chi connectivity index (χ4n) is 4.79. The fourth-order valence-corrected chi connectivity index (χ4v) is 5.05. The van der Waals surface area contributed by atoms with Crippen LogP contribution >= 0.6 is 15.9 Å². The van der Waals surface area contributed by atoms with Gasteiger partial charge in [-0.15, -0.1) is 0 Å². The summed E-state index contributed by atoms with van der Waals surface area (Å²) < 4.78 is 6.61. The molecule has 4 nitrogen and oxygen atoms in total. The highest BCUT2D eigenvalue weighted by Crippen LogP contribution is 2.65. The number of nitrogens with zero attached hydrogens (tertiary/aromatic N) is 1. The number of ether oxygens (including phenoxy) is 1. The molecule has 20 heavy (non-hydrogen) atoms. The van der Waals surface area contributed by atoms with Gasteiger partial charge in [0.05, 0.1) is 18.1 Å². The zero-order valence-corrected chi connectivity index (χ0v) is 12.2. The van der Waals surface area contributed by atoms with Gasteiger partial charge in [0, 0.05) is 22.0 Å². The molecule has 1 aromatic carbocycles. The van der Waals surface area contributed by atoms with E-state index in [1.165, 1.54) is 0 Å². The first-order valence-corrected chi connectivity index (χ1v) is 7.88. The Balaban J connectivity index is 1.54. The molecule has 2 aliphatic heterocycles. The van der Waals surface area contributed by atoms with Gasteiger partial charge in [-0.05, 0) is 36.6 Å². The second-order valence-electron chi connectivity index (χ2n) is 6.33. The molecular weight excluding hydrogens is 322 g/mol. The van der Waals surface area contributed by atoms with Crippen LogP contribution in [0.1, 0.15) is 6.42 Å². The van der Waals surface area contributed by atoms with E-state index in [9.17, 15) is 9.90 Å². The summed E-state index contributed by atoms with van der Waals surface area (Å²) in [6.07, 6.45) is 0.964. The van der Waals surface area contributed by atoms with Crippen LogP contribution in [0.2, 0.25) is 0 Å². The average Bonchev–Trinajstić information content (AvgIpc) is 2.96. The number of benzene rings is 1. The van der Waals surface area contributed by atoms with Crippen molar-refractivity contribution in [1.29, 1.82) is 0 Å². The third-order valence-corrected chi connectivity index (χ3v) is 6.08. The zero-order chi connectivity index (χ0) is 13.6. The number of carbonyl (C=O) groups is 1. The Morgan fingerprint density at radius 1 is 1.20 bits per heavy atom. The summed E-state index contributed by atoms with van der Waals surface area (Å²) >= 11 is 3.39. The molecule has 1 amide bonds. The fraction of sp³-hybridized carbons (Fsp3) is 0.533. The van der Waals surface area contributed by atoms with Gasteiger partial charge < -0.3 is 9.84 Å². The lowest BCUT2D eigenvalue weighted by molar-refractivity contribution is -0.122. The topological polar surface area (TPSA) is 53.1 Å². The Morgan fingerprint density at radius 3 is 2.65 bits per heavy atom. The van der Waals surface area contributed by atoms with Crippen molar-refractivity contribution in [3.63, 3.8) is 0 Å². The van der Waals surface area contributed by atoms with Gasteiger partial charge >= 0.3 is 0 Å². The largest absolute Gasteiger partial charge is 0.373 e. The minimum atomic E-state index is -0.700. The van der Waals surface area contributed by atoms with E-state index in [1.54, 1.807) is 4.90 Å². The maximum absolute atomic E-state index is 12.7. The first kappa shape index (κ1) is 11.7. The van der Waals surface area contributed by atoms with Crippen molar-refractivity contribution in [3.05, 3.63) is 28.7 Å². The lowest BCUT2D eigenvalue weighted by atomic mass is 9.81. The first-order valence-electron chi connectivity index (χ1n) is 7.09. The van der Waals surface area contributed by atoms with Crippen molar-refractivity contribution >= 4 is 27.5 Å². The Morgan fingerprint density at radius 2 is 1.90 bits per heavy atom. The minimum absolute atomic E-state index is 0.0394. The van der Waals surface area contributed by atoms with Gasteiger partial charge in [-0.3, -0.25) is 9.69 Å². The second kappa shape index (κ2) is 3.64. The summed E-state index contributed by atoms with van der Waals surface area (Å²) in [6, 6.07) is 7.56. The van der Waals surface area contributed by atoms with Crippen LogP contribution < -0.4 is 4.90 Å². The predicted octanol–water partition coefficient (Wildman–Crippen LogP) is 1.76. The van der Waals surface area contributed by atoms with Crippen molar-refractivity contribution in [2.24, 2.45) is 23.7 Å². The molecular formula is C15H14BrNO3. The van der Waals surface area contributed by atoms with E-state index in [-0.39, 0.29) is 17.7 Å². The lowest BCUT2D eigenvalue weighted by Crippen LogP contribution is -2.37. The number of hydrogen-bond donors (Lipinski definition) is 1. The molecule has 2 bridgehead atoms. The normalized spacial score (nSPS) is 47.6. The minimum Gasteiger partial charge on any atom is -0.373 e. The monoisotopic (exact) mass is 335 g/mol. The highest BCUT2D eigenvalue weighted by atomic mass is 79.9. The van der Waals surface area contributed by atoms with Crippen molar-refractivity contribution in [3.8, 4) is 0 Å². The van der Waals surface area contributed by atoms with E-state index in [0.29, 0.717) is 24.0 Å². The molecule has 5 heteroatoms. The second-order valence-corrected chi connectivity index (χ2v) is 7.25. The third-order valence-electron chi connectivity index (χ3n) is 5.56. The molecule has 0 spiro atoms. The quantitative estimate of drug-likeness (QED) is 0.796. The van der Waals surface area contributed by atoms with Gasteiger partial charge in [0.25, 0.3) is 0 Å². The highest BCUT2D eigenvalue weighted by molar-refractivity contribution is 9.10. The van der Waals surface area contributed by atoms with Crippen LogP contribution in [-0.4, -0.2) is 29.4 Å². The number of aliphatic hydroxyl groups is 1. The van der Waals surface area contributed by atoms with Crippen molar-refractivity contribution in [1.82, 2.24) is 0 Å². The number of anilines is 1. The summed E-state index contributed by atoms with van der Waals surface area (Å²) in [7, 11) is 0. The number of hydrogen-bond acceptors (Lipinski definition) is 3.